The molecule has 94 valence electrons. The molecule has 0 amide bonds. The van der Waals surface area contributed by atoms with Gasteiger partial charge in [0, 0.05) is 23.6 Å². The Balaban J connectivity index is 2.16. The summed E-state index contributed by atoms with van der Waals surface area (Å²) in [5.41, 5.74) is 2.96. The van der Waals surface area contributed by atoms with E-state index in [0.29, 0.717) is 6.04 Å². The van der Waals surface area contributed by atoms with Crippen molar-refractivity contribution in [1.82, 2.24) is 0 Å². The van der Waals surface area contributed by atoms with Gasteiger partial charge in [-0.25, -0.2) is 0 Å². The first-order valence-electron chi connectivity index (χ1n) is 6.54. The highest BCUT2D eigenvalue weighted by molar-refractivity contribution is 9.09. The Morgan fingerprint density at radius 2 is 2.06 bits per heavy atom. The minimum Gasteiger partial charge on any atom is -0.368 e. The van der Waals surface area contributed by atoms with Crippen LogP contribution in [0.4, 0.5) is 5.69 Å². The van der Waals surface area contributed by atoms with Crippen LogP contribution in [0.25, 0.3) is 0 Å². The Morgan fingerprint density at radius 1 is 1.35 bits per heavy atom. The predicted octanol–water partition coefficient (Wildman–Crippen LogP) is 4.10. The van der Waals surface area contributed by atoms with Crippen LogP contribution in [-0.4, -0.2) is 17.9 Å². The topological polar surface area (TPSA) is 3.24 Å². The van der Waals surface area contributed by atoms with E-state index in [-0.39, 0.29) is 0 Å². The largest absolute Gasteiger partial charge is 0.368 e. The van der Waals surface area contributed by atoms with Crippen LogP contribution >= 0.6 is 15.9 Å². The summed E-state index contributed by atoms with van der Waals surface area (Å²) in [5, 5.41) is 1.09. The second-order valence-electron chi connectivity index (χ2n) is 5.49. The minimum absolute atomic E-state index is 0.646. The Morgan fingerprint density at radius 3 is 2.71 bits per heavy atom. The fourth-order valence-corrected chi connectivity index (χ4v) is 3.55. The molecule has 2 atom stereocenters. The second-order valence-corrected chi connectivity index (χ2v) is 6.14. The Labute approximate surface area is 113 Å². The molecular weight excluding hydrogens is 274 g/mol. The smallest absolute Gasteiger partial charge is 0.0402 e. The van der Waals surface area contributed by atoms with Gasteiger partial charge in [-0.05, 0) is 36.8 Å². The van der Waals surface area contributed by atoms with Gasteiger partial charge in [0.2, 0.25) is 0 Å². The van der Waals surface area contributed by atoms with Crippen LogP contribution in [0.3, 0.4) is 0 Å². The third-order valence-electron chi connectivity index (χ3n) is 3.92. The fraction of sp³-hybridized carbons (Fsp3) is 0.600. The number of hydrogen-bond acceptors (Lipinski definition) is 1. The Hall–Kier alpha value is -0.500. The second kappa shape index (κ2) is 5.43. The maximum atomic E-state index is 3.66. The fourth-order valence-electron chi connectivity index (χ4n) is 2.60. The van der Waals surface area contributed by atoms with Crippen molar-refractivity contribution < 1.29 is 0 Å². The van der Waals surface area contributed by atoms with Crippen LogP contribution in [0.1, 0.15) is 26.3 Å². The molecule has 17 heavy (non-hydrogen) atoms. The quantitative estimate of drug-likeness (QED) is 0.756. The van der Waals surface area contributed by atoms with Gasteiger partial charge in [-0.3, -0.25) is 0 Å². The van der Waals surface area contributed by atoms with Crippen LogP contribution in [-0.2, 0) is 6.42 Å². The van der Waals surface area contributed by atoms with E-state index in [9.17, 15) is 0 Å². The molecule has 1 heterocycles. The van der Waals surface area contributed by atoms with E-state index in [2.05, 4.69) is 65.9 Å². The molecule has 1 nitrogen and oxygen atoms in total. The third-order valence-corrected chi connectivity index (χ3v) is 4.75. The number of benzene rings is 1. The van der Waals surface area contributed by atoms with E-state index in [1.54, 1.807) is 0 Å². The lowest BCUT2D eigenvalue weighted by atomic mass is 9.97. The van der Waals surface area contributed by atoms with Crippen molar-refractivity contribution in [1.29, 1.82) is 0 Å². The molecule has 0 aromatic heterocycles. The molecule has 1 aliphatic rings. The average molecular weight is 296 g/mol. The highest BCUT2D eigenvalue weighted by Crippen LogP contribution is 2.33. The number of hydrogen-bond donors (Lipinski definition) is 0. The van der Waals surface area contributed by atoms with Gasteiger partial charge >= 0.3 is 0 Å². The molecule has 0 spiro atoms. The zero-order chi connectivity index (χ0) is 12.4. The van der Waals surface area contributed by atoms with Crippen molar-refractivity contribution >= 4 is 21.6 Å². The molecule has 0 saturated carbocycles. The molecule has 1 aromatic carbocycles. The number of fused-ring (bicyclic) bond motifs is 1. The molecule has 1 aromatic rings. The van der Waals surface area contributed by atoms with E-state index in [1.807, 2.05) is 0 Å². The van der Waals surface area contributed by atoms with Gasteiger partial charge in [-0.1, -0.05) is 48.0 Å². The van der Waals surface area contributed by atoms with Crippen LogP contribution in [0.2, 0.25) is 0 Å². The molecule has 0 saturated heterocycles. The first-order valence-corrected chi connectivity index (χ1v) is 7.66. The highest BCUT2D eigenvalue weighted by Gasteiger charge is 2.27. The van der Waals surface area contributed by atoms with Crippen molar-refractivity contribution in [2.75, 3.05) is 16.8 Å². The van der Waals surface area contributed by atoms with Gasteiger partial charge in [-0.15, -0.1) is 0 Å². The van der Waals surface area contributed by atoms with Gasteiger partial charge in [-0.2, -0.15) is 0 Å². The summed E-state index contributed by atoms with van der Waals surface area (Å²) >= 11 is 3.66. The molecule has 2 unspecified atom stereocenters. The number of para-hydroxylation sites is 1. The summed E-state index contributed by atoms with van der Waals surface area (Å²) < 4.78 is 0. The predicted molar refractivity (Wildman–Crippen MR) is 79.1 cm³/mol. The van der Waals surface area contributed by atoms with Crippen LogP contribution < -0.4 is 4.90 Å². The maximum Gasteiger partial charge on any atom is 0.0402 e. The third kappa shape index (κ3) is 2.67. The minimum atomic E-state index is 0.646. The van der Waals surface area contributed by atoms with Crippen molar-refractivity contribution in [3.63, 3.8) is 0 Å². The molecule has 0 bridgehead atoms. The molecular formula is C15H22BrN. The molecule has 1 aliphatic heterocycles. The zero-order valence-electron chi connectivity index (χ0n) is 11.0. The summed E-state index contributed by atoms with van der Waals surface area (Å²) in [4.78, 5) is 2.58. The summed E-state index contributed by atoms with van der Waals surface area (Å²) in [6.07, 6.45) is 1.20. The Kier molecular flexibility index (Phi) is 4.13. The molecule has 2 heteroatoms. The lowest BCUT2D eigenvalue weighted by Gasteiger charge is -2.30. The normalized spacial score (nSPS) is 20.8. The van der Waals surface area contributed by atoms with E-state index < -0.39 is 0 Å². The van der Waals surface area contributed by atoms with Crippen LogP contribution in [0.15, 0.2) is 24.3 Å². The maximum absolute atomic E-state index is 3.66. The van der Waals surface area contributed by atoms with Gasteiger partial charge in [0.05, 0.1) is 0 Å². The molecule has 0 fully saturated rings. The number of rotatable bonds is 4. The molecule has 0 N–H and O–H groups in total. The number of nitrogens with zero attached hydrogens (tertiary/aromatic N) is 1. The summed E-state index contributed by atoms with van der Waals surface area (Å²) in [6, 6.07) is 9.49. The number of halogens is 1. The van der Waals surface area contributed by atoms with E-state index in [4.69, 9.17) is 0 Å². The van der Waals surface area contributed by atoms with Gasteiger partial charge < -0.3 is 4.90 Å². The SMILES string of the molecule is CC(C)C(CBr)CN1c2ccccc2CC1C. The lowest BCUT2D eigenvalue weighted by Crippen LogP contribution is -2.36. The van der Waals surface area contributed by atoms with E-state index in [1.165, 1.54) is 24.2 Å². The Bertz CT molecular complexity index is 375. The van der Waals surface area contributed by atoms with Crippen LogP contribution in [0, 0.1) is 11.8 Å². The highest BCUT2D eigenvalue weighted by atomic mass is 79.9. The first kappa shape index (κ1) is 12.9. The number of anilines is 1. The van der Waals surface area contributed by atoms with Crippen molar-refractivity contribution in [2.45, 2.75) is 33.2 Å². The van der Waals surface area contributed by atoms with Crippen molar-refractivity contribution in [3.05, 3.63) is 29.8 Å². The molecule has 0 aliphatic carbocycles. The average Bonchev–Trinajstić information content (AvgIpc) is 2.61. The van der Waals surface area contributed by atoms with Crippen molar-refractivity contribution in [2.24, 2.45) is 11.8 Å². The van der Waals surface area contributed by atoms with Crippen molar-refractivity contribution in [3.8, 4) is 0 Å². The zero-order valence-corrected chi connectivity index (χ0v) is 12.6. The monoisotopic (exact) mass is 295 g/mol. The number of alkyl halides is 1. The van der Waals surface area contributed by atoms with E-state index in [0.717, 1.165) is 17.2 Å². The standard InChI is InChI=1S/C15H22BrN/c1-11(2)14(9-16)10-17-12(3)8-13-6-4-5-7-15(13)17/h4-7,11-12,14H,8-10H2,1-3H3. The first-order chi connectivity index (χ1) is 8.13. The summed E-state index contributed by atoms with van der Waals surface area (Å²) in [6.45, 7) is 8.14. The molecule has 0 radical (unpaired) electrons. The van der Waals surface area contributed by atoms with Gasteiger partial charge in [0.1, 0.15) is 0 Å². The van der Waals surface area contributed by atoms with Gasteiger partial charge in [0.15, 0.2) is 0 Å². The van der Waals surface area contributed by atoms with Gasteiger partial charge in [0.25, 0.3) is 0 Å². The van der Waals surface area contributed by atoms with Crippen LogP contribution in [0.5, 0.6) is 0 Å². The lowest BCUT2D eigenvalue weighted by molar-refractivity contribution is 0.417. The van der Waals surface area contributed by atoms with E-state index >= 15 is 0 Å². The molecule has 2 rings (SSSR count). The summed E-state index contributed by atoms with van der Waals surface area (Å²) in [5.74, 6) is 1.46. The summed E-state index contributed by atoms with van der Waals surface area (Å²) in [7, 11) is 0.